The van der Waals surface area contributed by atoms with Crippen molar-refractivity contribution in [3.8, 4) is 0 Å². The van der Waals surface area contributed by atoms with Crippen molar-refractivity contribution in [2.45, 2.75) is 26.8 Å². The third kappa shape index (κ3) is 6.09. The van der Waals surface area contributed by atoms with Gasteiger partial charge in [0.1, 0.15) is 17.7 Å². The van der Waals surface area contributed by atoms with Crippen LogP contribution in [0.2, 0.25) is 0 Å². The van der Waals surface area contributed by atoms with Gasteiger partial charge < -0.3 is 21.3 Å². The number of rotatable bonds is 8. The number of aromatic nitrogens is 3. The second-order valence-electron chi connectivity index (χ2n) is 8.17. The van der Waals surface area contributed by atoms with Crippen LogP contribution in [0.3, 0.4) is 0 Å². The van der Waals surface area contributed by atoms with Gasteiger partial charge in [0.05, 0.1) is 11.4 Å². The largest absolute Gasteiger partial charge is 0.342 e. The van der Waals surface area contributed by atoms with E-state index in [0.717, 1.165) is 11.1 Å². The predicted molar refractivity (Wildman–Crippen MR) is 137 cm³/mol. The first kappa shape index (κ1) is 24.5. The van der Waals surface area contributed by atoms with Crippen LogP contribution in [0.1, 0.15) is 18.1 Å². The number of amides is 1. The Morgan fingerprint density at radius 1 is 0.750 bits per heavy atom. The molecule has 10 heteroatoms. The van der Waals surface area contributed by atoms with Crippen LogP contribution < -0.4 is 21.3 Å². The molecular weight excluding hydrogens is 464 g/mol. The number of hydrogen-bond acceptors (Lipinski definition) is 7. The van der Waals surface area contributed by atoms with E-state index in [9.17, 15) is 13.6 Å². The average molecular weight is 490 g/mol. The predicted octanol–water partition coefficient (Wildman–Crippen LogP) is 5.69. The monoisotopic (exact) mass is 489 g/mol. The van der Waals surface area contributed by atoms with Gasteiger partial charge in [0.15, 0.2) is 0 Å². The molecule has 0 aliphatic heterocycles. The Hall–Kier alpha value is -4.60. The van der Waals surface area contributed by atoms with E-state index in [-0.39, 0.29) is 35.1 Å². The minimum absolute atomic E-state index is 0.00166. The molecule has 184 valence electrons. The summed E-state index contributed by atoms with van der Waals surface area (Å²) in [6, 6.07) is 17.0. The molecule has 0 fully saturated rings. The lowest BCUT2D eigenvalue weighted by Gasteiger charge is -2.16. The fourth-order valence-electron chi connectivity index (χ4n) is 3.25. The Balaban J connectivity index is 1.58. The minimum atomic E-state index is -0.739. The van der Waals surface area contributed by atoms with Crippen molar-refractivity contribution in [1.82, 2.24) is 15.0 Å². The van der Waals surface area contributed by atoms with Crippen LogP contribution in [-0.4, -0.2) is 26.9 Å². The van der Waals surface area contributed by atoms with Gasteiger partial charge in [-0.15, -0.1) is 0 Å². The van der Waals surface area contributed by atoms with Gasteiger partial charge in [0.2, 0.25) is 23.8 Å². The highest BCUT2D eigenvalue weighted by molar-refractivity contribution is 5.96. The lowest BCUT2D eigenvalue weighted by Crippen LogP contribution is -2.32. The van der Waals surface area contributed by atoms with E-state index >= 15 is 0 Å². The van der Waals surface area contributed by atoms with E-state index in [0.29, 0.717) is 5.69 Å². The van der Waals surface area contributed by atoms with Gasteiger partial charge in [-0.05, 0) is 68.3 Å². The normalized spacial score (nSPS) is 11.5. The number of halogens is 2. The molecule has 0 aliphatic rings. The summed E-state index contributed by atoms with van der Waals surface area (Å²) in [5, 5.41) is 11.4. The molecule has 4 N–H and O–H groups in total. The molecule has 0 spiro atoms. The Morgan fingerprint density at radius 2 is 1.28 bits per heavy atom. The summed E-state index contributed by atoms with van der Waals surface area (Å²) < 4.78 is 28.4. The number of nitrogens with one attached hydrogen (secondary N) is 4. The smallest absolute Gasteiger partial charge is 0.246 e. The maximum atomic E-state index is 14.2. The van der Waals surface area contributed by atoms with Crippen molar-refractivity contribution in [2.24, 2.45) is 0 Å². The van der Waals surface area contributed by atoms with Crippen LogP contribution >= 0.6 is 0 Å². The first-order valence-corrected chi connectivity index (χ1v) is 11.2. The van der Waals surface area contributed by atoms with Gasteiger partial charge >= 0.3 is 0 Å². The molecule has 0 aliphatic carbocycles. The van der Waals surface area contributed by atoms with Crippen molar-refractivity contribution < 1.29 is 13.6 Å². The summed E-state index contributed by atoms with van der Waals surface area (Å²) in [6.07, 6.45) is 0. The summed E-state index contributed by atoms with van der Waals surface area (Å²) in [6.45, 7) is 5.60. The maximum Gasteiger partial charge on any atom is 0.246 e. The molecule has 1 amide bonds. The van der Waals surface area contributed by atoms with Crippen molar-refractivity contribution >= 4 is 40.8 Å². The number of carbonyl (C=O) groups excluding carboxylic acids is 1. The number of para-hydroxylation sites is 2. The zero-order valence-electron chi connectivity index (χ0n) is 19.9. The highest BCUT2D eigenvalue weighted by Crippen LogP contribution is 2.22. The number of benzene rings is 3. The zero-order chi connectivity index (χ0) is 25.7. The molecule has 0 saturated heterocycles. The molecule has 0 radical (unpaired) electrons. The van der Waals surface area contributed by atoms with Crippen molar-refractivity contribution in [2.75, 3.05) is 21.3 Å². The second kappa shape index (κ2) is 10.8. The van der Waals surface area contributed by atoms with E-state index in [1.807, 2.05) is 32.0 Å². The first-order valence-electron chi connectivity index (χ1n) is 11.2. The molecule has 1 aromatic heterocycles. The minimum Gasteiger partial charge on any atom is -0.342 e. The van der Waals surface area contributed by atoms with Gasteiger partial charge in [-0.1, -0.05) is 30.3 Å². The standard InChI is InChI=1S/C26H25F2N7O/c1-15-12-13-18(14-16(15)2)30-23(36)17(3)29-24-33-25(31-21-10-6-4-8-19(21)27)35-26(34-24)32-22-11-7-5-9-20(22)28/h4-14,17H,1-3H3,(H,30,36)(H3,29,31,32,33,34,35)/t17-/m1/s1. The van der Waals surface area contributed by atoms with E-state index in [2.05, 4.69) is 36.2 Å². The highest BCUT2D eigenvalue weighted by Gasteiger charge is 2.17. The number of hydrogen-bond donors (Lipinski definition) is 4. The molecule has 3 aromatic carbocycles. The summed E-state index contributed by atoms with van der Waals surface area (Å²) >= 11 is 0. The molecule has 8 nitrogen and oxygen atoms in total. The number of nitrogens with zero attached hydrogens (tertiary/aromatic N) is 3. The molecule has 4 rings (SSSR count). The third-order valence-electron chi connectivity index (χ3n) is 5.39. The fraction of sp³-hybridized carbons (Fsp3) is 0.154. The van der Waals surface area contributed by atoms with Crippen LogP contribution in [0.4, 0.5) is 43.7 Å². The second-order valence-corrected chi connectivity index (χ2v) is 8.17. The Labute approximate surface area is 207 Å². The summed E-state index contributed by atoms with van der Waals surface area (Å²) in [5.41, 5.74) is 3.13. The molecule has 1 atom stereocenters. The molecule has 0 bridgehead atoms. The fourth-order valence-corrected chi connectivity index (χ4v) is 3.25. The number of aryl methyl sites for hydroxylation is 2. The molecule has 1 heterocycles. The van der Waals surface area contributed by atoms with Crippen LogP contribution in [0.15, 0.2) is 66.7 Å². The van der Waals surface area contributed by atoms with E-state index in [1.54, 1.807) is 31.2 Å². The van der Waals surface area contributed by atoms with E-state index in [4.69, 9.17) is 0 Å². The SMILES string of the molecule is Cc1ccc(NC(=O)[C@@H](C)Nc2nc(Nc3ccccc3F)nc(Nc3ccccc3F)n2)cc1C. The Kier molecular flexibility index (Phi) is 7.33. The van der Waals surface area contributed by atoms with Crippen LogP contribution in [-0.2, 0) is 4.79 Å². The zero-order valence-corrected chi connectivity index (χ0v) is 19.9. The maximum absolute atomic E-state index is 14.2. The van der Waals surface area contributed by atoms with Gasteiger partial charge in [-0.2, -0.15) is 15.0 Å². The molecule has 36 heavy (non-hydrogen) atoms. The van der Waals surface area contributed by atoms with Crippen molar-refractivity contribution in [1.29, 1.82) is 0 Å². The number of carbonyl (C=O) groups is 1. The lowest BCUT2D eigenvalue weighted by molar-refractivity contribution is -0.116. The van der Waals surface area contributed by atoms with Crippen LogP contribution in [0.5, 0.6) is 0 Å². The summed E-state index contributed by atoms with van der Waals surface area (Å²) in [5.74, 6) is -1.29. The third-order valence-corrected chi connectivity index (χ3v) is 5.39. The van der Waals surface area contributed by atoms with Gasteiger partial charge in [0.25, 0.3) is 0 Å². The lowest BCUT2D eigenvalue weighted by atomic mass is 10.1. The van der Waals surface area contributed by atoms with Gasteiger partial charge in [-0.3, -0.25) is 4.79 Å². The Bertz CT molecular complexity index is 1330. The summed E-state index contributed by atoms with van der Waals surface area (Å²) in [4.78, 5) is 25.5. The van der Waals surface area contributed by atoms with Crippen LogP contribution in [0, 0.1) is 25.5 Å². The van der Waals surface area contributed by atoms with Gasteiger partial charge in [0, 0.05) is 5.69 Å². The highest BCUT2D eigenvalue weighted by atomic mass is 19.1. The van der Waals surface area contributed by atoms with E-state index in [1.165, 1.54) is 24.3 Å². The van der Waals surface area contributed by atoms with Crippen LogP contribution in [0.25, 0.3) is 0 Å². The van der Waals surface area contributed by atoms with Crippen molar-refractivity contribution in [3.05, 3.63) is 89.5 Å². The Morgan fingerprint density at radius 3 is 1.81 bits per heavy atom. The molecular formula is C26H25F2N7O. The average Bonchev–Trinajstić information content (AvgIpc) is 2.84. The summed E-state index contributed by atoms with van der Waals surface area (Å²) in [7, 11) is 0. The van der Waals surface area contributed by atoms with E-state index < -0.39 is 17.7 Å². The quantitative estimate of drug-likeness (QED) is 0.252. The van der Waals surface area contributed by atoms with Gasteiger partial charge in [-0.25, -0.2) is 8.78 Å². The topological polar surface area (TPSA) is 104 Å². The molecule has 4 aromatic rings. The van der Waals surface area contributed by atoms with Crippen molar-refractivity contribution in [3.63, 3.8) is 0 Å². The molecule has 0 saturated carbocycles. The first-order chi connectivity index (χ1) is 17.3. The molecule has 0 unspecified atom stereocenters. The number of anilines is 6.